The monoisotopic (exact) mass is 325 g/mol. The van der Waals surface area contributed by atoms with Crippen molar-refractivity contribution in [2.24, 2.45) is 0 Å². The maximum Gasteiger partial charge on any atom is 0.274 e. The van der Waals surface area contributed by atoms with Crippen LogP contribution in [0.1, 0.15) is 29.0 Å². The Morgan fingerprint density at radius 2 is 1.79 bits per heavy atom. The van der Waals surface area contributed by atoms with E-state index in [4.69, 9.17) is 4.74 Å². The summed E-state index contributed by atoms with van der Waals surface area (Å²) in [6, 6.07) is 12.2. The average Bonchev–Trinajstić information content (AvgIpc) is 3.11. The van der Waals surface area contributed by atoms with E-state index in [-0.39, 0.29) is 17.9 Å². The quantitative estimate of drug-likeness (QED) is 0.906. The fourth-order valence-corrected chi connectivity index (χ4v) is 2.51. The van der Waals surface area contributed by atoms with Crippen LogP contribution in [-0.4, -0.2) is 29.5 Å². The van der Waals surface area contributed by atoms with Gasteiger partial charge in [-0.2, -0.15) is 0 Å². The lowest BCUT2D eigenvalue weighted by Gasteiger charge is -2.11. The van der Waals surface area contributed by atoms with Crippen LogP contribution in [0.2, 0.25) is 0 Å². The summed E-state index contributed by atoms with van der Waals surface area (Å²) in [6.45, 7) is 2.47. The molecule has 1 atom stereocenters. The molecule has 1 saturated heterocycles. The largest absolute Gasteiger partial charge is 0.368 e. The van der Waals surface area contributed by atoms with Gasteiger partial charge in [0.15, 0.2) is 0 Å². The first-order chi connectivity index (χ1) is 11.6. The molecule has 124 valence electrons. The standard InChI is InChI=1S/C18H19N3O3/c1-12-4-2-5-15(19-12)17(22)20-13-7-9-14(10-8-13)21-18(23)16-6-3-11-24-16/h2,4-5,7-10,16H,3,6,11H2,1H3,(H,20,22)(H,21,23). The molecule has 24 heavy (non-hydrogen) atoms. The molecular weight excluding hydrogens is 306 g/mol. The molecule has 2 N–H and O–H groups in total. The lowest BCUT2D eigenvalue weighted by Crippen LogP contribution is -2.26. The van der Waals surface area contributed by atoms with Crippen molar-refractivity contribution in [3.8, 4) is 0 Å². The van der Waals surface area contributed by atoms with Gasteiger partial charge in [0.25, 0.3) is 11.8 Å². The van der Waals surface area contributed by atoms with Crippen molar-refractivity contribution in [3.05, 3.63) is 53.9 Å². The molecule has 1 aromatic carbocycles. The van der Waals surface area contributed by atoms with Gasteiger partial charge in [-0.25, -0.2) is 4.98 Å². The maximum atomic E-state index is 12.1. The van der Waals surface area contributed by atoms with Crippen LogP contribution in [0.4, 0.5) is 11.4 Å². The number of pyridine rings is 1. The Hall–Kier alpha value is -2.73. The molecule has 1 aromatic heterocycles. The van der Waals surface area contributed by atoms with Gasteiger partial charge in [0, 0.05) is 23.7 Å². The number of hydrogen-bond acceptors (Lipinski definition) is 4. The fourth-order valence-electron chi connectivity index (χ4n) is 2.51. The predicted molar refractivity (Wildman–Crippen MR) is 91.0 cm³/mol. The Kier molecular flexibility index (Phi) is 4.86. The minimum atomic E-state index is -0.364. The van der Waals surface area contributed by atoms with Gasteiger partial charge in [-0.05, 0) is 56.2 Å². The summed E-state index contributed by atoms with van der Waals surface area (Å²) in [5, 5.41) is 5.60. The molecule has 2 aromatic rings. The van der Waals surface area contributed by atoms with Gasteiger partial charge >= 0.3 is 0 Å². The van der Waals surface area contributed by atoms with Crippen LogP contribution in [-0.2, 0) is 9.53 Å². The molecule has 0 radical (unpaired) electrons. The summed E-state index contributed by atoms with van der Waals surface area (Å²) in [4.78, 5) is 28.3. The first kappa shape index (κ1) is 16.1. The van der Waals surface area contributed by atoms with E-state index in [0.29, 0.717) is 23.7 Å². The van der Waals surface area contributed by atoms with Crippen LogP contribution in [0.5, 0.6) is 0 Å². The Bertz CT molecular complexity index is 737. The molecule has 0 spiro atoms. The second-order valence-electron chi connectivity index (χ2n) is 5.69. The third-order valence-electron chi connectivity index (χ3n) is 3.75. The van der Waals surface area contributed by atoms with Gasteiger partial charge in [-0.1, -0.05) is 6.07 Å². The second-order valence-corrected chi connectivity index (χ2v) is 5.69. The van der Waals surface area contributed by atoms with E-state index < -0.39 is 0 Å². The van der Waals surface area contributed by atoms with E-state index in [1.807, 2.05) is 13.0 Å². The van der Waals surface area contributed by atoms with Gasteiger partial charge in [-0.3, -0.25) is 9.59 Å². The predicted octanol–water partition coefficient (Wildman–Crippen LogP) is 2.76. The molecule has 6 nitrogen and oxygen atoms in total. The summed E-state index contributed by atoms with van der Waals surface area (Å²) < 4.78 is 5.35. The number of aryl methyl sites for hydroxylation is 1. The number of anilines is 2. The summed E-state index contributed by atoms with van der Waals surface area (Å²) in [5.41, 5.74) is 2.46. The van der Waals surface area contributed by atoms with Gasteiger partial charge < -0.3 is 15.4 Å². The minimum Gasteiger partial charge on any atom is -0.368 e. The van der Waals surface area contributed by atoms with E-state index in [2.05, 4.69) is 15.6 Å². The van der Waals surface area contributed by atoms with E-state index >= 15 is 0 Å². The van der Waals surface area contributed by atoms with Crippen molar-refractivity contribution in [1.82, 2.24) is 4.98 Å². The number of carbonyl (C=O) groups is 2. The first-order valence-corrected chi connectivity index (χ1v) is 7.89. The highest BCUT2D eigenvalue weighted by molar-refractivity contribution is 6.03. The maximum absolute atomic E-state index is 12.1. The molecule has 6 heteroatoms. The number of nitrogens with one attached hydrogen (secondary N) is 2. The highest BCUT2D eigenvalue weighted by Crippen LogP contribution is 2.17. The third kappa shape index (κ3) is 3.97. The number of carbonyl (C=O) groups excluding carboxylic acids is 2. The van der Waals surface area contributed by atoms with Crippen molar-refractivity contribution >= 4 is 23.2 Å². The summed E-state index contributed by atoms with van der Waals surface area (Å²) >= 11 is 0. The van der Waals surface area contributed by atoms with Gasteiger partial charge in [-0.15, -0.1) is 0 Å². The molecule has 1 aliphatic rings. The molecule has 1 aliphatic heterocycles. The number of benzene rings is 1. The zero-order valence-electron chi connectivity index (χ0n) is 13.4. The summed E-state index contributed by atoms with van der Waals surface area (Å²) in [5.74, 6) is -0.400. The van der Waals surface area contributed by atoms with Crippen molar-refractivity contribution in [1.29, 1.82) is 0 Å². The van der Waals surface area contributed by atoms with E-state index in [1.54, 1.807) is 36.4 Å². The highest BCUT2D eigenvalue weighted by Gasteiger charge is 2.23. The van der Waals surface area contributed by atoms with Gasteiger partial charge in [0.1, 0.15) is 11.8 Å². The molecule has 0 saturated carbocycles. The van der Waals surface area contributed by atoms with E-state index in [9.17, 15) is 9.59 Å². The van der Waals surface area contributed by atoms with E-state index in [0.717, 1.165) is 18.5 Å². The number of amides is 2. The van der Waals surface area contributed by atoms with Crippen LogP contribution in [0.25, 0.3) is 0 Å². The van der Waals surface area contributed by atoms with Crippen molar-refractivity contribution in [2.45, 2.75) is 25.9 Å². The number of ether oxygens (including phenoxy) is 1. The van der Waals surface area contributed by atoms with Crippen LogP contribution in [0.15, 0.2) is 42.5 Å². The summed E-state index contributed by atoms with van der Waals surface area (Å²) in [7, 11) is 0. The number of aromatic nitrogens is 1. The number of nitrogens with zero attached hydrogens (tertiary/aromatic N) is 1. The normalized spacial score (nSPS) is 16.6. The lowest BCUT2D eigenvalue weighted by molar-refractivity contribution is -0.124. The van der Waals surface area contributed by atoms with Gasteiger partial charge in [0.05, 0.1) is 0 Å². The molecule has 0 aliphatic carbocycles. The van der Waals surface area contributed by atoms with E-state index in [1.165, 1.54) is 0 Å². The molecular formula is C18H19N3O3. The smallest absolute Gasteiger partial charge is 0.274 e. The summed E-state index contributed by atoms with van der Waals surface area (Å²) in [6.07, 6.45) is 1.30. The van der Waals surface area contributed by atoms with Crippen LogP contribution >= 0.6 is 0 Å². The van der Waals surface area contributed by atoms with Crippen LogP contribution < -0.4 is 10.6 Å². The SMILES string of the molecule is Cc1cccc(C(=O)Nc2ccc(NC(=O)C3CCCO3)cc2)n1. The zero-order chi connectivity index (χ0) is 16.9. The van der Waals surface area contributed by atoms with Crippen LogP contribution in [0, 0.1) is 6.92 Å². The van der Waals surface area contributed by atoms with Crippen molar-refractivity contribution < 1.29 is 14.3 Å². The Morgan fingerprint density at radius 3 is 2.42 bits per heavy atom. The second kappa shape index (κ2) is 7.23. The number of rotatable bonds is 4. The molecule has 2 heterocycles. The average molecular weight is 325 g/mol. The molecule has 0 bridgehead atoms. The first-order valence-electron chi connectivity index (χ1n) is 7.89. The Labute approximate surface area is 140 Å². The Balaban J connectivity index is 1.60. The topological polar surface area (TPSA) is 80.3 Å². The highest BCUT2D eigenvalue weighted by atomic mass is 16.5. The fraction of sp³-hybridized carbons (Fsp3) is 0.278. The molecule has 1 unspecified atom stereocenters. The van der Waals surface area contributed by atoms with Crippen molar-refractivity contribution in [2.75, 3.05) is 17.2 Å². The molecule has 2 amide bonds. The minimum absolute atomic E-state index is 0.131. The zero-order valence-corrected chi connectivity index (χ0v) is 13.4. The third-order valence-corrected chi connectivity index (χ3v) is 3.75. The molecule has 1 fully saturated rings. The number of hydrogen-bond donors (Lipinski definition) is 2. The van der Waals surface area contributed by atoms with Crippen molar-refractivity contribution in [3.63, 3.8) is 0 Å². The van der Waals surface area contributed by atoms with Crippen LogP contribution in [0.3, 0.4) is 0 Å². The van der Waals surface area contributed by atoms with Gasteiger partial charge in [0.2, 0.25) is 0 Å². The Morgan fingerprint density at radius 1 is 1.08 bits per heavy atom. The molecule has 3 rings (SSSR count). The lowest BCUT2D eigenvalue weighted by atomic mass is 10.2.